The number of fused-ring (bicyclic) bond motifs is 1. The number of para-hydroxylation sites is 2. The highest BCUT2D eigenvalue weighted by atomic mass is 16.5. The Kier molecular flexibility index (Phi) is 3.46. The van der Waals surface area contributed by atoms with E-state index in [2.05, 4.69) is 20.6 Å². The van der Waals surface area contributed by atoms with Crippen LogP contribution >= 0.6 is 0 Å². The van der Waals surface area contributed by atoms with Crippen LogP contribution in [0.3, 0.4) is 0 Å². The minimum atomic E-state index is 0.398. The highest BCUT2D eigenvalue weighted by molar-refractivity contribution is 5.77. The van der Waals surface area contributed by atoms with E-state index < -0.39 is 0 Å². The predicted octanol–water partition coefficient (Wildman–Crippen LogP) is 1.80. The molecule has 2 aromatic rings. The average molecular weight is 258 g/mol. The predicted molar refractivity (Wildman–Crippen MR) is 75.6 cm³/mol. The molecule has 1 aromatic carbocycles. The van der Waals surface area contributed by atoms with E-state index in [0.717, 1.165) is 36.4 Å². The highest BCUT2D eigenvalue weighted by Gasteiger charge is 2.18. The molecule has 100 valence electrons. The molecule has 0 bridgehead atoms. The molecule has 0 spiro atoms. The van der Waals surface area contributed by atoms with Gasteiger partial charge in [-0.25, -0.2) is 9.97 Å². The molecule has 3 rings (SSSR count). The summed E-state index contributed by atoms with van der Waals surface area (Å²) >= 11 is 0. The SMILES string of the molecule is CCOc1nc2ccccc2nc1N[C@H]1CCNC1. The summed E-state index contributed by atoms with van der Waals surface area (Å²) < 4.78 is 5.60. The summed E-state index contributed by atoms with van der Waals surface area (Å²) in [6.45, 7) is 4.55. The Morgan fingerprint density at radius 3 is 2.79 bits per heavy atom. The second-order valence-corrected chi connectivity index (χ2v) is 4.63. The second kappa shape index (κ2) is 5.40. The van der Waals surface area contributed by atoms with Crippen molar-refractivity contribution in [1.29, 1.82) is 0 Å². The molecular weight excluding hydrogens is 240 g/mol. The van der Waals surface area contributed by atoms with Gasteiger partial charge in [0.1, 0.15) is 0 Å². The minimum Gasteiger partial charge on any atom is -0.475 e. The Morgan fingerprint density at radius 2 is 2.11 bits per heavy atom. The van der Waals surface area contributed by atoms with Crippen molar-refractivity contribution in [2.75, 3.05) is 25.0 Å². The molecule has 5 heteroatoms. The van der Waals surface area contributed by atoms with Crippen LogP contribution in [0.5, 0.6) is 5.88 Å². The normalized spacial score (nSPS) is 18.7. The fourth-order valence-electron chi connectivity index (χ4n) is 2.29. The number of anilines is 1. The molecule has 1 aromatic heterocycles. The highest BCUT2D eigenvalue weighted by Crippen LogP contribution is 2.24. The van der Waals surface area contributed by atoms with E-state index in [4.69, 9.17) is 4.74 Å². The lowest BCUT2D eigenvalue weighted by molar-refractivity contribution is 0.328. The number of nitrogens with zero attached hydrogens (tertiary/aromatic N) is 2. The van der Waals surface area contributed by atoms with Crippen molar-refractivity contribution in [1.82, 2.24) is 15.3 Å². The third-order valence-corrected chi connectivity index (χ3v) is 3.22. The van der Waals surface area contributed by atoms with Crippen molar-refractivity contribution in [3.05, 3.63) is 24.3 Å². The summed E-state index contributed by atoms with van der Waals surface area (Å²) in [6.07, 6.45) is 1.10. The Morgan fingerprint density at radius 1 is 1.32 bits per heavy atom. The van der Waals surface area contributed by atoms with Gasteiger partial charge in [0.05, 0.1) is 17.6 Å². The molecule has 2 heterocycles. The van der Waals surface area contributed by atoms with Crippen LogP contribution in [0.4, 0.5) is 5.82 Å². The van der Waals surface area contributed by atoms with Crippen LogP contribution in [0.25, 0.3) is 11.0 Å². The molecule has 0 aliphatic carbocycles. The number of hydrogen-bond acceptors (Lipinski definition) is 5. The summed E-state index contributed by atoms with van der Waals surface area (Å²) in [6, 6.07) is 8.25. The van der Waals surface area contributed by atoms with Crippen LogP contribution in [-0.2, 0) is 0 Å². The number of benzene rings is 1. The smallest absolute Gasteiger partial charge is 0.258 e. The molecule has 19 heavy (non-hydrogen) atoms. The van der Waals surface area contributed by atoms with E-state index in [0.29, 0.717) is 18.5 Å². The molecule has 2 N–H and O–H groups in total. The number of aromatic nitrogens is 2. The van der Waals surface area contributed by atoms with Gasteiger partial charge in [-0.2, -0.15) is 0 Å². The fourth-order valence-corrected chi connectivity index (χ4v) is 2.29. The standard InChI is InChI=1S/C14H18N4O/c1-2-19-14-13(16-10-7-8-15-9-10)17-11-5-3-4-6-12(11)18-14/h3-6,10,15H,2,7-9H2,1H3,(H,16,17)/t10-/m0/s1. The second-order valence-electron chi connectivity index (χ2n) is 4.63. The van der Waals surface area contributed by atoms with Gasteiger partial charge >= 0.3 is 0 Å². The van der Waals surface area contributed by atoms with Crippen LogP contribution in [0.15, 0.2) is 24.3 Å². The molecule has 5 nitrogen and oxygen atoms in total. The van der Waals surface area contributed by atoms with Crippen LogP contribution in [0.2, 0.25) is 0 Å². The van der Waals surface area contributed by atoms with Gasteiger partial charge in [-0.05, 0) is 32.0 Å². The zero-order valence-electron chi connectivity index (χ0n) is 11.0. The van der Waals surface area contributed by atoms with Crippen LogP contribution in [0, 0.1) is 0 Å². The van der Waals surface area contributed by atoms with Crippen molar-refractivity contribution in [2.24, 2.45) is 0 Å². The van der Waals surface area contributed by atoms with Gasteiger partial charge in [-0.15, -0.1) is 0 Å². The maximum absolute atomic E-state index is 5.60. The summed E-state index contributed by atoms with van der Waals surface area (Å²) in [5.41, 5.74) is 1.75. The zero-order valence-corrected chi connectivity index (χ0v) is 11.0. The summed E-state index contributed by atoms with van der Waals surface area (Å²) in [5, 5.41) is 6.76. The maximum Gasteiger partial charge on any atom is 0.258 e. The van der Waals surface area contributed by atoms with E-state index >= 15 is 0 Å². The van der Waals surface area contributed by atoms with E-state index in [1.165, 1.54) is 0 Å². The topological polar surface area (TPSA) is 59.1 Å². The Bertz CT molecular complexity index is 566. The monoisotopic (exact) mass is 258 g/mol. The van der Waals surface area contributed by atoms with Crippen molar-refractivity contribution in [3.8, 4) is 5.88 Å². The lowest BCUT2D eigenvalue weighted by Crippen LogP contribution is -2.23. The van der Waals surface area contributed by atoms with E-state index in [1.807, 2.05) is 31.2 Å². The number of rotatable bonds is 4. The summed E-state index contributed by atoms with van der Waals surface area (Å²) in [7, 11) is 0. The third kappa shape index (κ3) is 2.61. The fraction of sp³-hybridized carbons (Fsp3) is 0.429. The van der Waals surface area contributed by atoms with Gasteiger partial charge in [0.15, 0.2) is 5.82 Å². The van der Waals surface area contributed by atoms with E-state index in [-0.39, 0.29) is 0 Å². The first kappa shape index (κ1) is 12.2. The number of hydrogen-bond donors (Lipinski definition) is 2. The molecule has 1 saturated heterocycles. The van der Waals surface area contributed by atoms with Gasteiger partial charge in [0.25, 0.3) is 5.88 Å². The summed E-state index contributed by atoms with van der Waals surface area (Å²) in [5.74, 6) is 1.34. The first-order valence-electron chi connectivity index (χ1n) is 6.73. The van der Waals surface area contributed by atoms with Gasteiger partial charge < -0.3 is 15.4 Å². The van der Waals surface area contributed by atoms with E-state index in [1.54, 1.807) is 0 Å². The molecule has 1 atom stereocenters. The van der Waals surface area contributed by atoms with Crippen molar-refractivity contribution < 1.29 is 4.74 Å². The Labute approximate surface area is 112 Å². The largest absolute Gasteiger partial charge is 0.475 e. The Balaban J connectivity index is 1.96. The minimum absolute atomic E-state index is 0.398. The van der Waals surface area contributed by atoms with Gasteiger partial charge in [-0.3, -0.25) is 0 Å². The third-order valence-electron chi connectivity index (χ3n) is 3.22. The average Bonchev–Trinajstić information content (AvgIpc) is 2.93. The molecule has 0 radical (unpaired) electrons. The Hall–Kier alpha value is -1.88. The van der Waals surface area contributed by atoms with Crippen molar-refractivity contribution in [3.63, 3.8) is 0 Å². The summed E-state index contributed by atoms with van der Waals surface area (Å²) in [4.78, 5) is 9.17. The van der Waals surface area contributed by atoms with Crippen LogP contribution in [0.1, 0.15) is 13.3 Å². The van der Waals surface area contributed by atoms with Gasteiger partial charge in [-0.1, -0.05) is 12.1 Å². The lowest BCUT2D eigenvalue weighted by atomic mass is 10.2. The van der Waals surface area contributed by atoms with Gasteiger partial charge in [0.2, 0.25) is 0 Å². The first-order valence-corrected chi connectivity index (χ1v) is 6.73. The molecule has 0 unspecified atom stereocenters. The first-order chi connectivity index (χ1) is 9.36. The zero-order chi connectivity index (χ0) is 13.1. The van der Waals surface area contributed by atoms with Gasteiger partial charge in [0, 0.05) is 12.6 Å². The van der Waals surface area contributed by atoms with Crippen LogP contribution in [-0.4, -0.2) is 35.7 Å². The molecule has 1 fully saturated rings. The molecule has 1 aliphatic heterocycles. The van der Waals surface area contributed by atoms with Crippen LogP contribution < -0.4 is 15.4 Å². The maximum atomic E-state index is 5.60. The number of ether oxygens (including phenoxy) is 1. The van der Waals surface area contributed by atoms with E-state index in [9.17, 15) is 0 Å². The molecule has 0 saturated carbocycles. The molecular formula is C14H18N4O. The number of nitrogens with one attached hydrogen (secondary N) is 2. The van der Waals surface area contributed by atoms with Crippen molar-refractivity contribution in [2.45, 2.75) is 19.4 Å². The lowest BCUT2D eigenvalue weighted by Gasteiger charge is -2.15. The van der Waals surface area contributed by atoms with Crippen molar-refractivity contribution >= 4 is 16.9 Å². The molecule has 0 amide bonds. The quantitative estimate of drug-likeness (QED) is 0.875. The molecule has 1 aliphatic rings.